The number of carbonyl (C=O) groups is 1. The number of amides is 1. The Bertz CT molecular complexity index is 242. The van der Waals surface area contributed by atoms with Gasteiger partial charge >= 0.3 is 0 Å². The molecule has 1 rings (SSSR count). The highest BCUT2D eigenvalue weighted by atomic mass is 16.2. The van der Waals surface area contributed by atoms with Crippen LogP contribution in [-0.4, -0.2) is 54.5 Å². The van der Waals surface area contributed by atoms with E-state index in [2.05, 4.69) is 25.7 Å². The van der Waals surface area contributed by atoms with E-state index in [9.17, 15) is 4.79 Å². The largest absolute Gasteiger partial charge is 0.340 e. The Morgan fingerprint density at radius 2 is 2.12 bits per heavy atom. The third kappa shape index (κ3) is 2.95. The standard InChI is InChI=1S/C12H25N3O/c1-9(2)5-6-15-8-10(3)14(4)11(7-13)12(15)16/h9-11H,5-8,13H2,1-4H3. The molecule has 4 heteroatoms. The normalized spacial score (nSPS) is 27.9. The quantitative estimate of drug-likeness (QED) is 0.762. The molecular weight excluding hydrogens is 202 g/mol. The van der Waals surface area contributed by atoms with E-state index in [0.717, 1.165) is 19.5 Å². The second kappa shape index (κ2) is 5.64. The van der Waals surface area contributed by atoms with Crippen LogP contribution in [0.5, 0.6) is 0 Å². The molecule has 0 aromatic carbocycles. The molecular formula is C12H25N3O. The fraction of sp³-hybridized carbons (Fsp3) is 0.917. The summed E-state index contributed by atoms with van der Waals surface area (Å²) in [7, 11) is 1.99. The van der Waals surface area contributed by atoms with Gasteiger partial charge in [-0.25, -0.2) is 0 Å². The van der Waals surface area contributed by atoms with Crippen molar-refractivity contribution in [2.45, 2.75) is 39.3 Å². The predicted molar refractivity (Wildman–Crippen MR) is 66.1 cm³/mol. The number of piperazine rings is 1. The average molecular weight is 227 g/mol. The van der Waals surface area contributed by atoms with Gasteiger partial charge in [-0.15, -0.1) is 0 Å². The Morgan fingerprint density at radius 3 is 2.62 bits per heavy atom. The lowest BCUT2D eigenvalue weighted by Crippen LogP contribution is -2.61. The van der Waals surface area contributed by atoms with Crippen LogP contribution in [0.4, 0.5) is 0 Å². The van der Waals surface area contributed by atoms with Crippen molar-refractivity contribution in [3.63, 3.8) is 0 Å². The number of nitrogens with two attached hydrogens (primary N) is 1. The molecule has 1 aliphatic heterocycles. The van der Waals surface area contributed by atoms with Crippen LogP contribution in [0.2, 0.25) is 0 Å². The third-order valence-corrected chi connectivity index (χ3v) is 3.47. The van der Waals surface area contributed by atoms with Gasteiger partial charge in [-0.2, -0.15) is 0 Å². The van der Waals surface area contributed by atoms with Crippen LogP contribution in [0.1, 0.15) is 27.2 Å². The fourth-order valence-corrected chi connectivity index (χ4v) is 2.11. The molecule has 0 aromatic rings. The van der Waals surface area contributed by atoms with Crippen molar-refractivity contribution >= 4 is 5.91 Å². The maximum Gasteiger partial charge on any atom is 0.241 e. The van der Waals surface area contributed by atoms with Crippen LogP contribution in [0.3, 0.4) is 0 Å². The van der Waals surface area contributed by atoms with Crippen LogP contribution in [0.25, 0.3) is 0 Å². The molecule has 0 aromatic heterocycles. The summed E-state index contributed by atoms with van der Waals surface area (Å²) in [6.07, 6.45) is 1.07. The molecule has 0 saturated carbocycles. The summed E-state index contributed by atoms with van der Waals surface area (Å²) in [6.45, 7) is 8.63. The van der Waals surface area contributed by atoms with Gasteiger partial charge in [-0.05, 0) is 26.3 Å². The highest BCUT2D eigenvalue weighted by Crippen LogP contribution is 2.15. The summed E-state index contributed by atoms with van der Waals surface area (Å²) in [6, 6.07) is 0.273. The van der Waals surface area contributed by atoms with Gasteiger partial charge in [0, 0.05) is 25.7 Å². The Balaban J connectivity index is 2.61. The van der Waals surface area contributed by atoms with E-state index < -0.39 is 0 Å². The van der Waals surface area contributed by atoms with Crippen LogP contribution in [-0.2, 0) is 4.79 Å². The molecule has 16 heavy (non-hydrogen) atoms. The van der Waals surface area contributed by atoms with Gasteiger partial charge in [0.05, 0.1) is 0 Å². The molecule has 0 spiro atoms. The first-order valence-corrected chi connectivity index (χ1v) is 6.18. The van der Waals surface area contributed by atoms with Gasteiger partial charge in [0.1, 0.15) is 6.04 Å². The van der Waals surface area contributed by atoms with Crippen molar-refractivity contribution in [3.8, 4) is 0 Å². The first-order chi connectivity index (χ1) is 7.47. The van der Waals surface area contributed by atoms with Gasteiger partial charge < -0.3 is 10.6 Å². The van der Waals surface area contributed by atoms with Gasteiger partial charge in [0.15, 0.2) is 0 Å². The number of hydrogen-bond donors (Lipinski definition) is 1. The van der Waals surface area contributed by atoms with Crippen molar-refractivity contribution < 1.29 is 4.79 Å². The molecule has 1 aliphatic rings. The van der Waals surface area contributed by atoms with Crippen LogP contribution < -0.4 is 5.73 Å². The van der Waals surface area contributed by atoms with E-state index >= 15 is 0 Å². The van der Waals surface area contributed by atoms with E-state index in [1.165, 1.54) is 0 Å². The summed E-state index contributed by atoms with van der Waals surface area (Å²) < 4.78 is 0. The van der Waals surface area contributed by atoms with Crippen molar-refractivity contribution in [1.82, 2.24) is 9.80 Å². The topological polar surface area (TPSA) is 49.6 Å². The zero-order valence-corrected chi connectivity index (χ0v) is 10.9. The van der Waals surface area contributed by atoms with Crippen molar-refractivity contribution in [3.05, 3.63) is 0 Å². The SMILES string of the molecule is CC(C)CCN1CC(C)N(C)C(CN)C1=O. The molecule has 1 saturated heterocycles. The molecule has 1 fully saturated rings. The highest BCUT2D eigenvalue weighted by Gasteiger charge is 2.35. The number of hydrogen-bond acceptors (Lipinski definition) is 3. The second-order valence-electron chi connectivity index (χ2n) is 5.23. The first-order valence-electron chi connectivity index (χ1n) is 6.18. The van der Waals surface area contributed by atoms with Crippen LogP contribution >= 0.6 is 0 Å². The maximum absolute atomic E-state index is 12.1. The van der Waals surface area contributed by atoms with E-state index in [4.69, 9.17) is 5.73 Å². The Kier molecular flexibility index (Phi) is 4.74. The highest BCUT2D eigenvalue weighted by molar-refractivity contribution is 5.83. The maximum atomic E-state index is 12.1. The van der Waals surface area contributed by atoms with Gasteiger partial charge in [0.25, 0.3) is 0 Å². The summed E-state index contributed by atoms with van der Waals surface area (Å²) in [5, 5.41) is 0. The van der Waals surface area contributed by atoms with E-state index in [1.54, 1.807) is 0 Å². The fourth-order valence-electron chi connectivity index (χ4n) is 2.11. The number of carbonyl (C=O) groups excluding carboxylic acids is 1. The minimum atomic E-state index is -0.129. The average Bonchev–Trinajstić information content (AvgIpc) is 2.22. The van der Waals surface area contributed by atoms with Crippen molar-refractivity contribution in [2.75, 3.05) is 26.7 Å². The lowest BCUT2D eigenvalue weighted by Gasteiger charge is -2.42. The van der Waals surface area contributed by atoms with Gasteiger partial charge in [-0.1, -0.05) is 13.8 Å². The lowest BCUT2D eigenvalue weighted by atomic mass is 10.0. The molecule has 2 atom stereocenters. The molecule has 2 N–H and O–H groups in total. The molecule has 0 bridgehead atoms. The Hall–Kier alpha value is -0.610. The molecule has 0 aliphatic carbocycles. The lowest BCUT2D eigenvalue weighted by molar-refractivity contribution is -0.143. The van der Waals surface area contributed by atoms with E-state index in [-0.39, 0.29) is 11.9 Å². The summed E-state index contributed by atoms with van der Waals surface area (Å²) in [5.41, 5.74) is 5.68. The third-order valence-electron chi connectivity index (χ3n) is 3.47. The molecule has 0 radical (unpaired) electrons. The zero-order valence-electron chi connectivity index (χ0n) is 10.9. The summed E-state index contributed by atoms with van der Waals surface area (Å²) in [4.78, 5) is 16.2. The first kappa shape index (κ1) is 13.5. The monoisotopic (exact) mass is 227 g/mol. The second-order valence-corrected chi connectivity index (χ2v) is 5.23. The number of likely N-dealkylation sites (N-methyl/N-ethyl adjacent to an activating group) is 1. The molecule has 2 unspecified atom stereocenters. The zero-order chi connectivity index (χ0) is 12.3. The summed E-state index contributed by atoms with van der Waals surface area (Å²) in [5.74, 6) is 0.836. The van der Waals surface area contributed by atoms with Gasteiger partial charge in [-0.3, -0.25) is 9.69 Å². The minimum absolute atomic E-state index is 0.129. The molecule has 94 valence electrons. The number of nitrogens with zero attached hydrogens (tertiary/aromatic N) is 2. The smallest absolute Gasteiger partial charge is 0.241 e. The molecule has 1 heterocycles. The number of rotatable bonds is 4. The van der Waals surface area contributed by atoms with Crippen molar-refractivity contribution in [1.29, 1.82) is 0 Å². The minimum Gasteiger partial charge on any atom is -0.340 e. The van der Waals surface area contributed by atoms with E-state index in [1.807, 2.05) is 11.9 Å². The predicted octanol–water partition coefficient (Wildman–Crippen LogP) is 0.522. The molecule has 1 amide bonds. The van der Waals surface area contributed by atoms with E-state index in [0.29, 0.717) is 18.5 Å². The Morgan fingerprint density at radius 1 is 1.50 bits per heavy atom. The van der Waals surface area contributed by atoms with Crippen molar-refractivity contribution in [2.24, 2.45) is 11.7 Å². The summed E-state index contributed by atoms with van der Waals surface area (Å²) >= 11 is 0. The van der Waals surface area contributed by atoms with Crippen LogP contribution in [0, 0.1) is 5.92 Å². The Labute approximate surface area is 98.8 Å². The molecule has 4 nitrogen and oxygen atoms in total. The van der Waals surface area contributed by atoms with Crippen LogP contribution in [0.15, 0.2) is 0 Å². The van der Waals surface area contributed by atoms with Gasteiger partial charge in [0.2, 0.25) is 5.91 Å².